The summed E-state index contributed by atoms with van der Waals surface area (Å²) >= 11 is 0. The van der Waals surface area contributed by atoms with Crippen LogP contribution in [0, 0.1) is 0 Å². The molecule has 2 spiro atoms. The molecule has 0 saturated carbocycles. The summed E-state index contributed by atoms with van der Waals surface area (Å²) in [5.74, 6) is -0.442. The van der Waals surface area contributed by atoms with Crippen molar-refractivity contribution in [3.05, 3.63) is 71.5 Å². The molecule has 21 heteroatoms. The minimum absolute atomic E-state index is 0.0915. The number of para-hydroxylation sites is 2. The molecule has 10 aliphatic heterocycles. The lowest BCUT2D eigenvalue weighted by molar-refractivity contribution is -0.168. The largest absolute Gasteiger partial charge is 0.378 e. The molecule has 8 atom stereocenters. The van der Waals surface area contributed by atoms with E-state index in [4.69, 9.17) is 19.9 Å². The minimum atomic E-state index is -1.28. The number of nitrogens with one attached hydrogen (secondary N) is 2. The zero-order chi connectivity index (χ0) is 44.5. The number of aryl methyl sites for hydroxylation is 1. The summed E-state index contributed by atoms with van der Waals surface area (Å²) in [5, 5.41) is 16.3. The number of piperazine rings is 2. The fourth-order valence-electron chi connectivity index (χ4n) is 12.2. The van der Waals surface area contributed by atoms with Crippen LogP contribution in [0.4, 0.5) is 11.4 Å². The topological polar surface area (TPSA) is 190 Å². The number of anilines is 2. The quantitative estimate of drug-likeness (QED) is 0.139. The highest BCUT2D eigenvalue weighted by Crippen LogP contribution is 2.80. The molecule has 11 heterocycles. The number of ether oxygens (including phenoxy) is 3. The van der Waals surface area contributed by atoms with Crippen molar-refractivity contribution in [3.8, 4) is 0 Å². The number of rotatable bonds is 16. The molecule has 10 aliphatic rings. The molecule has 340 valence electrons. The first-order valence-electron chi connectivity index (χ1n) is 21.9. The maximum Gasteiger partial charge on any atom is 0.263 e. The fourth-order valence-corrected chi connectivity index (χ4v) is 19.3. The molecule has 0 aliphatic carbocycles. The standard InChI is InChI=1S/C43H52N10O7S4/c1-37-33(54)52-32-40(28-11-5-7-13-30(28)45-32,25-42(52,63-61-37)35(56)49(37)4)41-26-43-36(57)51(17-10-9-16-50-23-27(47-48-50)24-60-22-21-59-20-19-58-18-15-44)38(2,62-64-43)34(55)53(43)39(41,3)46-31-14-8-6-12-29(31)41/h5-8,11-14,23,32,45-46H,9-10,15-22,24-26,44H2,1-4H3/t32-,37+,38+,39-,40+,41+,42+,43+/m1/s1. The number of carbonyl (C=O) groups excluding carboxylic acids is 4. The molecule has 0 radical (unpaired) electrons. The zero-order valence-corrected chi connectivity index (χ0v) is 39.4. The van der Waals surface area contributed by atoms with Gasteiger partial charge in [0, 0.05) is 50.9 Å². The van der Waals surface area contributed by atoms with Gasteiger partial charge in [-0.05, 0) is 56.9 Å². The summed E-state index contributed by atoms with van der Waals surface area (Å²) < 4.78 is 18.3. The number of hydrogen-bond donors (Lipinski definition) is 3. The molecule has 8 fully saturated rings. The van der Waals surface area contributed by atoms with Crippen LogP contribution in [0.3, 0.4) is 0 Å². The van der Waals surface area contributed by atoms with Crippen LogP contribution in [0.25, 0.3) is 0 Å². The van der Waals surface area contributed by atoms with Crippen LogP contribution in [-0.2, 0) is 57.4 Å². The Kier molecular flexibility index (Phi) is 9.99. The number of unbranched alkanes of at least 4 members (excludes halogenated alkanes) is 1. The molecule has 8 saturated heterocycles. The third-order valence-electron chi connectivity index (χ3n) is 15.1. The second-order valence-electron chi connectivity index (χ2n) is 18.3. The third kappa shape index (κ3) is 5.29. The van der Waals surface area contributed by atoms with Crippen molar-refractivity contribution in [1.82, 2.24) is 34.6 Å². The highest BCUT2D eigenvalue weighted by Gasteiger charge is 2.90. The lowest BCUT2D eigenvalue weighted by Gasteiger charge is -2.60. The Morgan fingerprint density at radius 3 is 2.20 bits per heavy atom. The highest BCUT2D eigenvalue weighted by atomic mass is 33.1. The maximum absolute atomic E-state index is 15.6. The van der Waals surface area contributed by atoms with Gasteiger partial charge >= 0.3 is 0 Å². The molecule has 0 unspecified atom stereocenters. The van der Waals surface area contributed by atoms with Crippen LogP contribution in [-0.4, -0.2) is 143 Å². The van der Waals surface area contributed by atoms with E-state index in [0.29, 0.717) is 84.2 Å². The van der Waals surface area contributed by atoms with E-state index in [1.807, 2.05) is 71.1 Å². The van der Waals surface area contributed by atoms with Crippen molar-refractivity contribution in [2.45, 2.75) is 102 Å². The van der Waals surface area contributed by atoms with Gasteiger partial charge in [0.2, 0.25) is 0 Å². The smallest absolute Gasteiger partial charge is 0.263 e. The van der Waals surface area contributed by atoms with E-state index in [1.165, 1.54) is 43.2 Å². The van der Waals surface area contributed by atoms with Crippen molar-refractivity contribution >= 4 is 78.2 Å². The normalized spacial score (nSPS) is 36.0. The Hall–Kier alpha value is -3.70. The van der Waals surface area contributed by atoms with E-state index in [2.05, 4.69) is 40.0 Å². The Bertz CT molecular complexity index is 2470. The number of hydrogen-bond acceptors (Lipinski definition) is 16. The predicted molar refractivity (Wildman–Crippen MR) is 245 cm³/mol. The third-order valence-corrected chi connectivity index (χ3v) is 22.5. The molecule has 17 nitrogen and oxygen atoms in total. The van der Waals surface area contributed by atoms with Gasteiger partial charge in [0.15, 0.2) is 19.5 Å². The molecule has 13 rings (SSSR count). The predicted octanol–water partition coefficient (Wildman–Crippen LogP) is 3.73. The van der Waals surface area contributed by atoms with Crippen LogP contribution >= 0.6 is 43.2 Å². The molecule has 4 N–H and O–H groups in total. The molecule has 2 aromatic carbocycles. The van der Waals surface area contributed by atoms with E-state index in [1.54, 1.807) is 16.6 Å². The van der Waals surface area contributed by atoms with E-state index in [-0.39, 0.29) is 30.0 Å². The van der Waals surface area contributed by atoms with Gasteiger partial charge in [0.1, 0.15) is 17.5 Å². The van der Waals surface area contributed by atoms with Crippen molar-refractivity contribution in [2.75, 3.05) is 63.8 Å². The number of carbonyl (C=O) groups is 4. The maximum atomic E-state index is 15.6. The van der Waals surface area contributed by atoms with E-state index < -0.39 is 42.1 Å². The van der Waals surface area contributed by atoms with Crippen molar-refractivity contribution in [1.29, 1.82) is 0 Å². The van der Waals surface area contributed by atoms with Gasteiger partial charge in [-0.2, -0.15) is 0 Å². The summed E-state index contributed by atoms with van der Waals surface area (Å²) in [6, 6.07) is 16.3. The highest BCUT2D eigenvalue weighted by molar-refractivity contribution is 8.78. The van der Waals surface area contributed by atoms with Gasteiger partial charge in [-0.15, -0.1) is 5.10 Å². The van der Waals surface area contributed by atoms with Crippen molar-refractivity contribution < 1.29 is 33.4 Å². The number of nitrogens with two attached hydrogens (primary N) is 1. The van der Waals surface area contributed by atoms with Gasteiger partial charge in [-0.25, -0.2) is 0 Å². The average Bonchev–Trinajstić information content (AvgIpc) is 4.06. The summed E-state index contributed by atoms with van der Waals surface area (Å²) in [6.07, 6.45) is 3.15. The second kappa shape index (κ2) is 14.9. The molecule has 4 bridgehead atoms. The Balaban J connectivity index is 0.889. The number of aromatic nitrogens is 3. The second-order valence-corrected chi connectivity index (χ2v) is 23.9. The first-order chi connectivity index (χ1) is 30.8. The Labute approximate surface area is 387 Å². The van der Waals surface area contributed by atoms with E-state index in [9.17, 15) is 9.59 Å². The monoisotopic (exact) mass is 948 g/mol. The summed E-state index contributed by atoms with van der Waals surface area (Å²) in [6.45, 7) is 9.92. The van der Waals surface area contributed by atoms with Crippen LogP contribution in [0.1, 0.15) is 63.3 Å². The van der Waals surface area contributed by atoms with E-state index in [0.717, 1.165) is 22.5 Å². The van der Waals surface area contributed by atoms with Crippen LogP contribution in [0.2, 0.25) is 0 Å². The molecular formula is C43H52N10O7S4. The van der Waals surface area contributed by atoms with Crippen molar-refractivity contribution in [3.63, 3.8) is 0 Å². The Morgan fingerprint density at radius 2 is 1.42 bits per heavy atom. The lowest BCUT2D eigenvalue weighted by atomic mass is 9.51. The van der Waals surface area contributed by atoms with Gasteiger partial charge in [0.25, 0.3) is 23.6 Å². The number of amides is 4. The number of fused-ring (bicyclic) bond motifs is 11. The SMILES string of the molecule is CN1C(=O)[C@@]23C[C@]4([C@]56C[C@@]78SS[C@@](C)(C(=O)N7[C@@]5(C)Nc5ccccc56)N(CCCCn5cc(COCCOCCOCCN)nn5)C8=O)c5ccccc5N[C@@H]4N2C(=O)[C@]1(C)SS3. The summed E-state index contributed by atoms with van der Waals surface area (Å²) in [5.41, 5.74) is 6.76. The van der Waals surface area contributed by atoms with Gasteiger partial charge in [0.05, 0.1) is 56.7 Å². The Morgan fingerprint density at radius 1 is 0.750 bits per heavy atom. The zero-order valence-electron chi connectivity index (χ0n) is 36.2. The first kappa shape index (κ1) is 42.9. The molecule has 1 aromatic heterocycles. The van der Waals surface area contributed by atoms with Crippen LogP contribution < -0.4 is 16.4 Å². The van der Waals surface area contributed by atoms with Gasteiger partial charge < -0.3 is 40.4 Å². The van der Waals surface area contributed by atoms with E-state index >= 15 is 9.59 Å². The first-order valence-corrected chi connectivity index (χ1v) is 26.2. The molecular weight excluding hydrogens is 897 g/mol. The molecule has 64 heavy (non-hydrogen) atoms. The van der Waals surface area contributed by atoms with Crippen LogP contribution in [0.5, 0.6) is 0 Å². The minimum Gasteiger partial charge on any atom is -0.378 e. The number of benzene rings is 2. The summed E-state index contributed by atoms with van der Waals surface area (Å²) in [7, 11) is 7.63. The average molecular weight is 949 g/mol. The molecule has 3 aromatic rings. The summed E-state index contributed by atoms with van der Waals surface area (Å²) in [4.78, 5) is 63.5. The van der Waals surface area contributed by atoms with Crippen LogP contribution in [0.15, 0.2) is 54.7 Å². The lowest BCUT2D eigenvalue weighted by Crippen LogP contribution is -2.78. The van der Waals surface area contributed by atoms with Gasteiger partial charge in [-0.1, -0.05) is 84.8 Å². The van der Waals surface area contributed by atoms with Gasteiger partial charge in [-0.3, -0.25) is 33.7 Å². The number of nitrogens with zero attached hydrogens (tertiary/aromatic N) is 7. The number of likely N-dealkylation sites (N-methyl/N-ethyl adjacent to an activating group) is 1. The molecule has 4 amide bonds. The van der Waals surface area contributed by atoms with Crippen molar-refractivity contribution in [2.24, 2.45) is 5.73 Å². The fraction of sp³-hybridized carbons (Fsp3) is 0.581.